The lowest BCUT2D eigenvalue weighted by Gasteiger charge is -2.37. The Morgan fingerprint density at radius 1 is 0.778 bits per heavy atom. The van der Waals surface area contributed by atoms with Crippen molar-refractivity contribution < 1.29 is 9.53 Å². The summed E-state index contributed by atoms with van der Waals surface area (Å²) in [5.74, 6) is -0.393. The summed E-state index contributed by atoms with van der Waals surface area (Å²) in [4.78, 5) is 13.0. The molecule has 0 radical (unpaired) electrons. The number of rotatable bonds is 5. The minimum atomic E-state index is -0.703. The summed E-state index contributed by atoms with van der Waals surface area (Å²) in [5.41, 5.74) is 5.61. The molecule has 0 N–H and O–H groups in total. The van der Waals surface area contributed by atoms with Crippen molar-refractivity contribution in [1.29, 1.82) is 0 Å². The second-order valence-electron chi connectivity index (χ2n) is 8.52. The summed E-state index contributed by atoms with van der Waals surface area (Å²) in [6.45, 7) is 2.12. The molecule has 6 heteroatoms. The number of nitrogens with zero attached hydrogens (tertiary/aromatic N) is 2. The molecule has 1 spiro atoms. The normalized spacial score (nSPS) is 19.7. The van der Waals surface area contributed by atoms with E-state index in [9.17, 15) is 4.79 Å². The van der Waals surface area contributed by atoms with Crippen LogP contribution >= 0.6 is 23.5 Å². The Bertz CT molecular complexity index is 1390. The molecule has 2 heterocycles. The highest BCUT2D eigenvalue weighted by Crippen LogP contribution is 2.70. The molecule has 1 atom stereocenters. The van der Waals surface area contributed by atoms with Gasteiger partial charge in [-0.1, -0.05) is 127 Å². The Labute approximate surface area is 219 Å². The van der Waals surface area contributed by atoms with Crippen LogP contribution in [0.1, 0.15) is 29.2 Å². The van der Waals surface area contributed by atoms with Crippen LogP contribution in [-0.2, 0) is 18.5 Å². The van der Waals surface area contributed by atoms with E-state index in [-0.39, 0.29) is 0 Å². The molecular weight excluding hydrogens is 484 g/mol. The first-order chi connectivity index (χ1) is 17.7. The number of para-hydroxylation sites is 1. The van der Waals surface area contributed by atoms with Gasteiger partial charge >= 0.3 is 5.97 Å². The molecule has 2 aliphatic heterocycles. The fraction of sp³-hybridized carbons (Fsp3) is 0.133. The predicted molar refractivity (Wildman–Crippen MR) is 149 cm³/mol. The third-order valence-electron chi connectivity index (χ3n) is 6.45. The monoisotopic (exact) mass is 508 g/mol. The largest absolute Gasteiger partial charge is 0.461 e. The van der Waals surface area contributed by atoms with Crippen LogP contribution < -0.4 is 5.01 Å². The molecule has 0 saturated heterocycles. The van der Waals surface area contributed by atoms with Gasteiger partial charge in [-0.15, -0.1) is 0 Å². The van der Waals surface area contributed by atoms with E-state index in [0.29, 0.717) is 11.7 Å². The van der Waals surface area contributed by atoms with Crippen LogP contribution in [0.15, 0.2) is 120 Å². The number of carbonyl (C=O) groups excluding carboxylic acids is 1. The molecule has 6 rings (SSSR count). The predicted octanol–water partition coefficient (Wildman–Crippen LogP) is 6.97. The van der Waals surface area contributed by atoms with Crippen molar-refractivity contribution in [3.05, 3.63) is 138 Å². The van der Waals surface area contributed by atoms with Gasteiger partial charge in [0.2, 0.25) is 5.04 Å². The maximum atomic E-state index is 13.0. The van der Waals surface area contributed by atoms with Gasteiger partial charge in [-0.25, -0.2) is 9.80 Å². The summed E-state index contributed by atoms with van der Waals surface area (Å²) in [5, 5.41) is 7.24. The lowest BCUT2D eigenvalue weighted by molar-refractivity contribution is -0.134. The van der Waals surface area contributed by atoms with Crippen molar-refractivity contribution >= 4 is 40.2 Å². The summed E-state index contributed by atoms with van der Waals surface area (Å²) >= 11 is 3.28. The molecular formula is C30H24N2O2S2. The first kappa shape index (κ1) is 23.0. The number of hydrazone groups is 1. The number of fused-ring (bicyclic) bond motifs is 2. The van der Waals surface area contributed by atoms with Crippen molar-refractivity contribution in [1.82, 2.24) is 0 Å². The van der Waals surface area contributed by atoms with Crippen LogP contribution in [-0.4, -0.2) is 17.6 Å². The van der Waals surface area contributed by atoms with Crippen LogP contribution in [0.4, 0.5) is 5.69 Å². The van der Waals surface area contributed by atoms with Crippen molar-refractivity contribution in [2.24, 2.45) is 5.10 Å². The molecule has 0 fully saturated rings. The van der Waals surface area contributed by atoms with E-state index >= 15 is 0 Å². The zero-order valence-corrected chi connectivity index (χ0v) is 21.3. The average molecular weight is 509 g/mol. The van der Waals surface area contributed by atoms with Crippen molar-refractivity contribution in [2.75, 3.05) is 11.6 Å². The Hall–Kier alpha value is -3.48. The maximum Gasteiger partial charge on any atom is 0.365 e. The quantitative estimate of drug-likeness (QED) is 0.273. The zero-order valence-electron chi connectivity index (χ0n) is 19.7. The van der Waals surface area contributed by atoms with Gasteiger partial charge in [-0.05, 0) is 35.7 Å². The van der Waals surface area contributed by atoms with Gasteiger partial charge in [0.15, 0.2) is 4.20 Å². The number of carbonyl (C=O) groups is 1. The molecule has 2 aliphatic rings. The molecule has 4 aromatic rings. The summed E-state index contributed by atoms with van der Waals surface area (Å²) in [6.07, 6.45) is 0. The third kappa shape index (κ3) is 3.47. The number of hydrogen-bond acceptors (Lipinski definition) is 6. The number of thioether (sulfide) groups is 2. The van der Waals surface area contributed by atoms with Gasteiger partial charge in [0.25, 0.3) is 0 Å². The van der Waals surface area contributed by atoms with E-state index in [1.165, 1.54) is 28.5 Å². The topological polar surface area (TPSA) is 41.9 Å². The number of esters is 1. The lowest BCUT2D eigenvalue weighted by Crippen LogP contribution is -2.34. The van der Waals surface area contributed by atoms with E-state index in [0.717, 1.165) is 11.3 Å². The molecule has 0 saturated carbocycles. The van der Waals surface area contributed by atoms with E-state index < -0.39 is 14.9 Å². The Balaban J connectivity index is 1.62. The Morgan fingerprint density at radius 2 is 1.31 bits per heavy atom. The van der Waals surface area contributed by atoms with Gasteiger partial charge in [-0.2, -0.15) is 5.10 Å². The van der Waals surface area contributed by atoms with Gasteiger partial charge in [0, 0.05) is 5.56 Å². The minimum Gasteiger partial charge on any atom is -0.461 e. The summed E-state index contributed by atoms with van der Waals surface area (Å²) < 4.78 is 4.19. The summed E-state index contributed by atoms with van der Waals surface area (Å²) in [7, 11) is 0. The molecule has 178 valence electrons. The minimum absolute atomic E-state index is 0.304. The van der Waals surface area contributed by atoms with Gasteiger partial charge in [-0.3, -0.25) is 0 Å². The second-order valence-corrected chi connectivity index (χ2v) is 11.4. The third-order valence-corrected chi connectivity index (χ3v) is 9.73. The highest BCUT2D eigenvalue weighted by Gasteiger charge is 2.61. The molecule has 0 bridgehead atoms. The van der Waals surface area contributed by atoms with Crippen LogP contribution in [0, 0.1) is 0 Å². The molecule has 4 nitrogen and oxygen atoms in total. The van der Waals surface area contributed by atoms with E-state index in [4.69, 9.17) is 9.84 Å². The summed E-state index contributed by atoms with van der Waals surface area (Å²) in [6, 6.07) is 39.8. The molecule has 4 aromatic carbocycles. The first-order valence-corrected chi connectivity index (χ1v) is 13.5. The number of anilines is 1. The van der Waals surface area contributed by atoms with E-state index in [1.807, 2.05) is 66.2 Å². The van der Waals surface area contributed by atoms with Crippen LogP contribution in [0.2, 0.25) is 0 Å². The van der Waals surface area contributed by atoms with Crippen molar-refractivity contribution in [2.45, 2.75) is 15.9 Å². The van der Waals surface area contributed by atoms with Crippen LogP contribution in [0.25, 0.3) is 0 Å². The highest BCUT2D eigenvalue weighted by atomic mass is 32.2. The standard InChI is InChI=1S/C30H24N2O2S2/c1-2-34-28(33)27-31-32(24-18-10-5-11-19-24)30(35-27)26-21-13-12-20-25(26)29(36-30,22-14-6-3-7-15-22)23-16-8-4-9-17-23/h3-21H,2H2,1H3. The lowest BCUT2D eigenvalue weighted by atomic mass is 9.82. The first-order valence-electron chi connectivity index (χ1n) is 11.9. The number of ether oxygens (including phenoxy) is 1. The highest BCUT2D eigenvalue weighted by molar-refractivity contribution is 8.27. The van der Waals surface area contributed by atoms with Crippen LogP contribution in [0.5, 0.6) is 0 Å². The Morgan fingerprint density at radius 3 is 1.89 bits per heavy atom. The van der Waals surface area contributed by atoms with E-state index in [1.54, 1.807) is 0 Å². The molecule has 1 unspecified atom stereocenters. The smallest absolute Gasteiger partial charge is 0.365 e. The number of hydrogen-bond donors (Lipinski definition) is 0. The van der Waals surface area contributed by atoms with E-state index in [2.05, 4.69) is 72.8 Å². The SMILES string of the molecule is CCOC(=O)C1=NN(c2ccccc2)C2(S1)SC(c1ccccc1)(c1ccccc1)c1ccccc12. The van der Waals surface area contributed by atoms with Crippen molar-refractivity contribution in [3.8, 4) is 0 Å². The van der Waals surface area contributed by atoms with Crippen LogP contribution in [0.3, 0.4) is 0 Å². The number of benzene rings is 4. The van der Waals surface area contributed by atoms with Crippen molar-refractivity contribution in [3.63, 3.8) is 0 Å². The maximum absolute atomic E-state index is 13.0. The van der Waals surface area contributed by atoms with Gasteiger partial charge in [0.05, 0.1) is 17.0 Å². The second kappa shape index (κ2) is 9.19. The molecule has 0 amide bonds. The average Bonchev–Trinajstić information content (AvgIpc) is 3.48. The molecule has 36 heavy (non-hydrogen) atoms. The Kier molecular flexibility index (Phi) is 5.86. The zero-order chi connectivity index (χ0) is 24.6. The molecule has 0 aromatic heterocycles. The fourth-order valence-corrected chi connectivity index (χ4v) is 8.54. The van der Waals surface area contributed by atoms with Gasteiger partial charge in [0.1, 0.15) is 0 Å². The molecule has 0 aliphatic carbocycles. The van der Waals surface area contributed by atoms with Gasteiger partial charge < -0.3 is 4.74 Å². The fourth-order valence-electron chi connectivity index (χ4n) is 4.98.